The van der Waals surface area contributed by atoms with E-state index in [-0.39, 0.29) is 17.5 Å². The number of hydrogen-bond donors (Lipinski definition) is 1. The molecule has 1 N–H and O–H groups in total. The summed E-state index contributed by atoms with van der Waals surface area (Å²) < 4.78 is 5.21. The van der Waals surface area contributed by atoms with Gasteiger partial charge in [0.15, 0.2) is 0 Å². The highest BCUT2D eigenvalue weighted by Crippen LogP contribution is 2.25. The minimum Gasteiger partial charge on any atom is -0.508 e. The number of esters is 1. The Balaban J connectivity index is 2.53. The van der Waals surface area contributed by atoms with Crippen LogP contribution >= 0.6 is 11.8 Å². The Bertz CT molecular complexity index is 408. The summed E-state index contributed by atoms with van der Waals surface area (Å²) in [6.45, 7) is 7.45. The van der Waals surface area contributed by atoms with Crippen molar-refractivity contribution in [2.45, 2.75) is 38.2 Å². The first-order valence-electron chi connectivity index (χ1n) is 5.42. The van der Waals surface area contributed by atoms with Crippen molar-refractivity contribution < 1.29 is 14.6 Å². The maximum atomic E-state index is 11.5. The molecule has 4 heteroatoms. The van der Waals surface area contributed by atoms with Crippen molar-refractivity contribution in [1.82, 2.24) is 0 Å². The second-order valence-electron chi connectivity index (χ2n) is 4.82. The number of aromatic hydroxyl groups is 1. The summed E-state index contributed by atoms with van der Waals surface area (Å²) in [5.74, 6) is 0.294. The third-order valence-electron chi connectivity index (χ3n) is 1.92. The van der Waals surface area contributed by atoms with Crippen LogP contribution < -0.4 is 0 Å². The highest BCUT2D eigenvalue weighted by molar-refractivity contribution is 8.00. The third-order valence-corrected chi connectivity index (χ3v) is 3.07. The zero-order valence-corrected chi connectivity index (χ0v) is 11.4. The molecule has 0 aliphatic carbocycles. The number of hydrogen-bond acceptors (Lipinski definition) is 4. The van der Waals surface area contributed by atoms with Gasteiger partial charge in [-0.05, 0) is 51.5 Å². The van der Waals surface area contributed by atoms with Crippen LogP contribution in [0.4, 0.5) is 0 Å². The van der Waals surface area contributed by atoms with Gasteiger partial charge in [0, 0.05) is 4.90 Å². The lowest BCUT2D eigenvalue weighted by Crippen LogP contribution is -2.24. The van der Waals surface area contributed by atoms with E-state index in [9.17, 15) is 9.90 Å². The average molecular weight is 254 g/mol. The summed E-state index contributed by atoms with van der Waals surface area (Å²) in [5, 5.41) is 9.27. The van der Waals surface area contributed by atoms with E-state index < -0.39 is 5.60 Å². The Labute approximate surface area is 106 Å². The Morgan fingerprint density at radius 2 is 2.06 bits per heavy atom. The van der Waals surface area contributed by atoms with Crippen LogP contribution in [0.1, 0.15) is 26.3 Å². The lowest BCUT2D eigenvalue weighted by molar-refractivity contribution is -0.151. The first-order chi connectivity index (χ1) is 7.78. The third kappa shape index (κ3) is 5.13. The molecule has 0 aromatic heterocycles. The van der Waals surface area contributed by atoms with Gasteiger partial charge >= 0.3 is 5.97 Å². The van der Waals surface area contributed by atoms with Gasteiger partial charge < -0.3 is 9.84 Å². The standard InChI is InChI=1S/C13H18O3S/c1-9-7-10(14)5-6-11(9)17-8-12(15)16-13(2,3)4/h5-7,14H,8H2,1-4H3. The molecule has 0 amide bonds. The van der Waals surface area contributed by atoms with Crippen LogP contribution in [0, 0.1) is 6.92 Å². The molecule has 0 atom stereocenters. The van der Waals surface area contributed by atoms with Crippen molar-refractivity contribution in [3.63, 3.8) is 0 Å². The summed E-state index contributed by atoms with van der Waals surface area (Å²) in [4.78, 5) is 12.5. The fourth-order valence-corrected chi connectivity index (χ4v) is 2.09. The number of ether oxygens (including phenoxy) is 1. The van der Waals surface area contributed by atoms with Crippen molar-refractivity contribution in [3.8, 4) is 5.75 Å². The number of phenolic OH excluding ortho intramolecular Hbond substituents is 1. The zero-order chi connectivity index (χ0) is 13.1. The van der Waals surface area contributed by atoms with Gasteiger partial charge in [0.05, 0.1) is 5.75 Å². The molecule has 0 saturated carbocycles. The van der Waals surface area contributed by atoms with Crippen LogP contribution in [0.5, 0.6) is 5.75 Å². The summed E-state index contributed by atoms with van der Waals surface area (Å²) in [5.41, 5.74) is 0.514. The second kappa shape index (κ2) is 5.45. The summed E-state index contributed by atoms with van der Waals surface area (Å²) in [6, 6.07) is 5.10. The van der Waals surface area contributed by atoms with Crippen molar-refractivity contribution in [2.75, 3.05) is 5.75 Å². The molecule has 1 rings (SSSR count). The average Bonchev–Trinajstić information content (AvgIpc) is 2.13. The van der Waals surface area contributed by atoms with Gasteiger partial charge in [0.2, 0.25) is 0 Å². The van der Waals surface area contributed by atoms with Crippen LogP contribution in [0.15, 0.2) is 23.1 Å². The fourth-order valence-electron chi connectivity index (χ4n) is 1.30. The SMILES string of the molecule is Cc1cc(O)ccc1SCC(=O)OC(C)(C)C. The first kappa shape index (κ1) is 13.9. The quantitative estimate of drug-likeness (QED) is 0.665. The van der Waals surface area contributed by atoms with Gasteiger partial charge in [-0.25, -0.2) is 0 Å². The Hall–Kier alpha value is -1.16. The van der Waals surface area contributed by atoms with Crippen molar-refractivity contribution >= 4 is 17.7 Å². The van der Waals surface area contributed by atoms with Crippen LogP contribution in [0.3, 0.4) is 0 Å². The first-order valence-corrected chi connectivity index (χ1v) is 6.41. The van der Waals surface area contributed by atoms with Crippen molar-refractivity contribution in [2.24, 2.45) is 0 Å². The molecule has 0 fully saturated rings. The van der Waals surface area contributed by atoms with Gasteiger partial charge in [-0.3, -0.25) is 4.79 Å². The summed E-state index contributed by atoms with van der Waals surface area (Å²) >= 11 is 1.42. The van der Waals surface area contributed by atoms with Crippen LogP contribution in [0.25, 0.3) is 0 Å². The van der Waals surface area contributed by atoms with E-state index in [1.165, 1.54) is 11.8 Å². The Kier molecular flexibility index (Phi) is 4.46. The number of carbonyl (C=O) groups excluding carboxylic acids is 1. The van der Waals surface area contributed by atoms with Gasteiger partial charge in [-0.2, -0.15) is 0 Å². The lowest BCUT2D eigenvalue weighted by atomic mass is 10.2. The summed E-state index contributed by atoms with van der Waals surface area (Å²) in [6.07, 6.45) is 0. The van der Waals surface area contributed by atoms with E-state index in [1.807, 2.05) is 27.7 Å². The summed E-state index contributed by atoms with van der Waals surface area (Å²) in [7, 11) is 0. The molecule has 0 saturated heterocycles. The number of thioether (sulfide) groups is 1. The molecular weight excluding hydrogens is 236 g/mol. The van der Waals surface area contributed by atoms with E-state index in [4.69, 9.17) is 4.74 Å². The Morgan fingerprint density at radius 1 is 1.41 bits per heavy atom. The van der Waals surface area contributed by atoms with E-state index in [1.54, 1.807) is 18.2 Å². The maximum Gasteiger partial charge on any atom is 0.316 e. The monoisotopic (exact) mass is 254 g/mol. The molecule has 3 nitrogen and oxygen atoms in total. The molecule has 0 spiro atoms. The molecule has 0 unspecified atom stereocenters. The minimum atomic E-state index is -0.443. The van der Waals surface area contributed by atoms with E-state index in [2.05, 4.69) is 0 Å². The zero-order valence-electron chi connectivity index (χ0n) is 10.6. The Morgan fingerprint density at radius 3 is 2.59 bits per heavy atom. The highest BCUT2D eigenvalue weighted by atomic mass is 32.2. The fraction of sp³-hybridized carbons (Fsp3) is 0.462. The molecule has 0 bridgehead atoms. The molecule has 0 radical (unpaired) electrons. The van der Waals surface area contributed by atoms with Gasteiger partial charge in [0.25, 0.3) is 0 Å². The largest absolute Gasteiger partial charge is 0.508 e. The predicted molar refractivity (Wildman–Crippen MR) is 69.4 cm³/mol. The van der Waals surface area contributed by atoms with Crippen LogP contribution in [-0.4, -0.2) is 22.4 Å². The molecule has 17 heavy (non-hydrogen) atoms. The normalized spacial score (nSPS) is 11.3. The van der Waals surface area contributed by atoms with Gasteiger partial charge in [-0.1, -0.05) is 0 Å². The van der Waals surface area contributed by atoms with Crippen LogP contribution in [0.2, 0.25) is 0 Å². The topological polar surface area (TPSA) is 46.5 Å². The van der Waals surface area contributed by atoms with Crippen LogP contribution in [-0.2, 0) is 9.53 Å². The van der Waals surface area contributed by atoms with Crippen molar-refractivity contribution in [1.29, 1.82) is 0 Å². The highest BCUT2D eigenvalue weighted by Gasteiger charge is 2.16. The number of aryl methyl sites for hydroxylation is 1. The van der Waals surface area contributed by atoms with Gasteiger partial charge in [-0.15, -0.1) is 11.8 Å². The smallest absolute Gasteiger partial charge is 0.316 e. The molecule has 1 aromatic carbocycles. The number of phenols is 1. The van der Waals surface area contributed by atoms with Gasteiger partial charge in [0.1, 0.15) is 11.4 Å². The number of carbonyl (C=O) groups is 1. The molecule has 0 aliphatic rings. The maximum absolute atomic E-state index is 11.5. The molecule has 0 aliphatic heterocycles. The second-order valence-corrected chi connectivity index (χ2v) is 5.84. The molecule has 0 heterocycles. The molecule has 94 valence electrons. The molecular formula is C13H18O3S. The van der Waals surface area contributed by atoms with E-state index in [0.29, 0.717) is 0 Å². The predicted octanol–water partition coefficient (Wildman–Crippen LogP) is 3.13. The van der Waals surface area contributed by atoms with E-state index >= 15 is 0 Å². The number of rotatable bonds is 3. The molecule has 1 aromatic rings. The van der Waals surface area contributed by atoms with Crippen molar-refractivity contribution in [3.05, 3.63) is 23.8 Å². The minimum absolute atomic E-state index is 0.227. The van der Waals surface area contributed by atoms with E-state index in [0.717, 1.165) is 10.5 Å². The number of benzene rings is 1. The lowest BCUT2D eigenvalue weighted by Gasteiger charge is -2.19.